The van der Waals surface area contributed by atoms with E-state index in [2.05, 4.69) is 39.4 Å². The van der Waals surface area contributed by atoms with Gasteiger partial charge in [0.05, 0.1) is 16.4 Å². The standard InChI is InChI=1S/C19H18N6O2/c1-11(2)18-21-15-8-7-12(9-16(15)22-18)20-17(26)10-25-19(27)13-5-3-4-6-14(13)23-24-25/h3-9,11H,10H2,1-2H3,(H,20,26)(H,21,22). The van der Waals surface area contributed by atoms with Crippen molar-refractivity contribution in [2.45, 2.75) is 26.3 Å². The van der Waals surface area contributed by atoms with Crippen molar-refractivity contribution in [1.82, 2.24) is 25.0 Å². The molecule has 136 valence electrons. The molecule has 2 heterocycles. The summed E-state index contributed by atoms with van der Waals surface area (Å²) in [5, 5.41) is 11.0. The number of H-pyrrole nitrogens is 1. The molecule has 2 aromatic heterocycles. The predicted molar refractivity (Wildman–Crippen MR) is 103 cm³/mol. The van der Waals surface area contributed by atoms with Gasteiger partial charge in [0.2, 0.25) is 5.91 Å². The number of hydrogen-bond donors (Lipinski definition) is 2. The van der Waals surface area contributed by atoms with Gasteiger partial charge in [0.25, 0.3) is 5.56 Å². The molecular formula is C19H18N6O2. The number of hydrogen-bond acceptors (Lipinski definition) is 5. The lowest BCUT2D eigenvalue weighted by atomic mass is 10.2. The Bertz CT molecular complexity index is 1210. The molecule has 2 aromatic carbocycles. The van der Waals surface area contributed by atoms with Gasteiger partial charge >= 0.3 is 0 Å². The second kappa shape index (κ2) is 6.64. The fraction of sp³-hybridized carbons (Fsp3) is 0.211. The fourth-order valence-electron chi connectivity index (χ4n) is 2.84. The molecular weight excluding hydrogens is 344 g/mol. The lowest BCUT2D eigenvalue weighted by molar-refractivity contribution is -0.117. The maximum Gasteiger partial charge on any atom is 0.278 e. The van der Waals surface area contributed by atoms with E-state index in [1.165, 1.54) is 0 Å². The first kappa shape index (κ1) is 16.9. The molecule has 0 aliphatic heterocycles. The van der Waals surface area contributed by atoms with Crippen molar-refractivity contribution in [1.29, 1.82) is 0 Å². The minimum Gasteiger partial charge on any atom is -0.342 e. The van der Waals surface area contributed by atoms with Gasteiger partial charge < -0.3 is 10.3 Å². The molecule has 0 aliphatic carbocycles. The summed E-state index contributed by atoms with van der Waals surface area (Å²) in [5.74, 6) is 0.824. The van der Waals surface area contributed by atoms with Crippen LogP contribution in [0.4, 0.5) is 5.69 Å². The number of fused-ring (bicyclic) bond motifs is 2. The Morgan fingerprint density at radius 3 is 2.81 bits per heavy atom. The number of aromatic nitrogens is 5. The Kier molecular flexibility index (Phi) is 4.15. The largest absolute Gasteiger partial charge is 0.342 e. The average molecular weight is 362 g/mol. The maximum absolute atomic E-state index is 12.4. The van der Waals surface area contributed by atoms with Crippen LogP contribution in [0, 0.1) is 0 Å². The van der Waals surface area contributed by atoms with E-state index < -0.39 is 0 Å². The van der Waals surface area contributed by atoms with Crippen molar-refractivity contribution in [3.8, 4) is 0 Å². The summed E-state index contributed by atoms with van der Waals surface area (Å²) in [6, 6.07) is 12.3. The number of carbonyl (C=O) groups excluding carboxylic acids is 1. The van der Waals surface area contributed by atoms with Crippen LogP contribution in [0.2, 0.25) is 0 Å². The van der Waals surface area contributed by atoms with Crippen molar-refractivity contribution in [3.05, 3.63) is 58.6 Å². The third kappa shape index (κ3) is 3.29. The number of carbonyl (C=O) groups is 1. The molecule has 4 rings (SSSR count). The molecule has 0 radical (unpaired) electrons. The molecule has 8 nitrogen and oxygen atoms in total. The number of amides is 1. The number of benzene rings is 2. The lowest BCUT2D eigenvalue weighted by Gasteiger charge is -2.07. The Labute approximate surface area is 154 Å². The highest BCUT2D eigenvalue weighted by Crippen LogP contribution is 2.20. The molecule has 0 saturated heterocycles. The smallest absolute Gasteiger partial charge is 0.278 e. The van der Waals surface area contributed by atoms with Crippen LogP contribution in [0.1, 0.15) is 25.6 Å². The molecule has 8 heteroatoms. The average Bonchev–Trinajstić information content (AvgIpc) is 3.08. The van der Waals surface area contributed by atoms with Crippen LogP contribution in [-0.4, -0.2) is 30.9 Å². The normalized spacial score (nSPS) is 11.4. The second-order valence-electron chi connectivity index (χ2n) is 6.63. The lowest BCUT2D eigenvalue weighted by Crippen LogP contribution is -2.30. The number of anilines is 1. The van der Waals surface area contributed by atoms with Gasteiger partial charge in [0.1, 0.15) is 17.9 Å². The van der Waals surface area contributed by atoms with Gasteiger partial charge in [-0.25, -0.2) is 9.67 Å². The van der Waals surface area contributed by atoms with Crippen LogP contribution in [0.25, 0.3) is 21.9 Å². The van der Waals surface area contributed by atoms with Crippen LogP contribution in [0.3, 0.4) is 0 Å². The van der Waals surface area contributed by atoms with E-state index in [9.17, 15) is 9.59 Å². The van der Waals surface area contributed by atoms with Crippen LogP contribution >= 0.6 is 0 Å². The molecule has 27 heavy (non-hydrogen) atoms. The minimum atomic E-state index is -0.357. The van der Waals surface area contributed by atoms with Crippen LogP contribution < -0.4 is 10.9 Å². The third-order valence-electron chi connectivity index (χ3n) is 4.25. The van der Waals surface area contributed by atoms with E-state index in [0.717, 1.165) is 21.5 Å². The number of aromatic amines is 1. The van der Waals surface area contributed by atoms with E-state index >= 15 is 0 Å². The molecule has 2 N–H and O–H groups in total. The van der Waals surface area contributed by atoms with Crippen molar-refractivity contribution in [3.63, 3.8) is 0 Å². The number of nitrogens with one attached hydrogen (secondary N) is 2. The van der Waals surface area contributed by atoms with E-state index in [1.807, 2.05) is 12.1 Å². The highest BCUT2D eigenvalue weighted by Gasteiger charge is 2.11. The zero-order valence-corrected chi connectivity index (χ0v) is 14.9. The minimum absolute atomic E-state index is 0.213. The molecule has 0 fully saturated rings. The summed E-state index contributed by atoms with van der Waals surface area (Å²) in [5.41, 5.74) is 2.46. The molecule has 4 aromatic rings. The third-order valence-corrected chi connectivity index (χ3v) is 4.25. The fourth-order valence-corrected chi connectivity index (χ4v) is 2.84. The summed E-state index contributed by atoms with van der Waals surface area (Å²) < 4.78 is 1.06. The van der Waals surface area contributed by atoms with Crippen LogP contribution in [-0.2, 0) is 11.3 Å². The molecule has 0 unspecified atom stereocenters. The summed E-state index contributed by atoms with van der Waals surface area (Å²) in [6.07, 6.45) is 0. The van der Waals surface area contributed by atoms with E-state index in [1.54, 1.807) is 30.3 Å². The topological polar surface area (TPSA) is 106 Å². The second-order valence-corrected chi connectivity index (χ2v) is 6.63. The Hall–Kier alpha value is -3.55. The summed E-state index contributed by atoms with van der Waals surface area (Å²) >= 11 is 0. The van der Waals surface area contributed by atoms with E-state index in [-0.39, 0.29) is 23.9 Å². The van der Waals surface area contributed by atoms with Gasteiger partial charge in [0, 0.05) is 11.6 Å². The van der Waals surface area contributed by atoms with Gasteiger partial charge in [0.15, 0.2) is 0 Å². The van der Waals surface area contributed by atoms with Crippen molar-refractivity contribution in [2.75, 3.05) is 5.32 Å². The summed E-state index contributed by atoms with van der Waals surface area (Å²) in [7, 11) is 0. The first-order valence-corrected chi connectivity index (χ1v) is 8.63. The quantitative estimate of drug-likeness (QED) is 0.580. The number of imidazole rings is 1. The first-order valence-electron chi connectivity index (χ1n) is 8.63. The van der Waals surface area contributed by atoms with Gasteiger partial charge in [-0.3, -0.25) is 9.59 Å². The Balaban J connectivity index is 1.55. The zero-order chi connectivity index (χ0) is 19.0. The van der Waals surface area contributed by atoms with Crippen LogP contribution in [0.15, 0.2) is 47.3 Å². The van der Waals surface area contributed by atoms with Gasteiger partial charge in [-0.2, -0.15) is 0 Å². The van der Waals surface area contributed by atoms with Crippen molar-refractivity contribution >= 4 is 33.5 Å². The van der Waals surface area contributed by atoms with Gasteiger partial charge in [-0.1, -0.05) is 31.2 Å². The van der Waals surface area contributed by atoms with Crippen molar-refractivity contribution in [2.24, 2.45) is 0 Å². The Morgan fingerprint density at radius 2 is 2.00 bits per heavy atom. The number of nitrogens with zero attached hydrogens (tertiary/aromatic N) is 4. The van der Waals surface area contributed by atoms with Gasteiger partial charge in [-0.05, 0) is 30.3 Å². The highest BCUT2D eigenvalue weighted by molar-refractivity contribution is 5.93. The zero-order valence-electron chi connectivity index (χ0n) is 14.9. The first-order chi connectivity index (χ1) is 13.0. The predicted octanol–water partition coefficient (Wildman–Crippen LogP) is 2.43. The highest BCUT2D eigenvalue weighted by atomic mass is 16.2. The van der Waals surface area contributed by atoms with Crippen molar-refractivity contribution < 1.29 is 4.79 Å². The Morgan fingerprint density at radius 1 is 1.19 bits per heavy atom. The molecule has 1 amide bonds. The molecule has 0 spiro atoms. The molecule has 0 saturated carbocycles. The number of rotatable bonds is 4. The van der Waals surface area contributed by atoms with Gasteiger partial charge in [-0.15, -0.1) is 5.10 Å². The van der Waals surface area contributed by atoms with Crippen LogP contribution in [0.5, 0.6) is 0 Å². The van der Waals surface area contributed by atoms with E-state index in [4.69, 9.17) is 0 Å². The summed E-state index contributed by atoms with van der Waals surface area (Å²) in [4.78, 5) is 32.5. The van der Waals surface area contributed by atoms with E-state index in [0.29, 0.717) is 16.6 Å². The molecule has 0 bridgehead atoms. The molecule has 0 aliphatic rings. The monoisotopic (exact) mass is 362 g/mol. The SMILES string of the molecule is CC(C)c1nc2ccc(NC(=O)Cn3nnc4ccccc4c3=O)cc2[nH]1. The maximum atomic E-state index is 12.4. The molecule has 0 atom stereocenters. The summed E-state index contributed by atoms with van der Waals surface area (Å²) in [6.45, 7) is 3.90.